The van der Waals surface area contributed by atoms with Crippen LogP contribution < -0.4 is 29.6 Å². The molecule has 0 radical (unpaired) electrons. The van der Waals surface area contributed by atoms with E-state index in [2.05, 4.69) is 21.1 Å². The average molecular weight is 288 g/mol. The van der Waals surface area contributed by atoms with Gasteiger partial charge in [0.15, 0.2) is 0 Å². The summed E-state index contributed by atoms with van der Waals surface area (Å²) in [6.07, 6.45) is 0. The maximum absolute atomic E-state index is 10.6. The standard InChI is InChI=1S/C6H4BrNO4S.Na/c7-5-3-4(8-9)1-2-6(5)13(10,11)12;/h1-3H,(H,10,11,12);/q;+1/p-1. The van der Waals surface area contributed by atoms with E-state index in [0.29, 0.717) is 0 Å². The van der Waals surface area contributed by atoms with Gasteiger partial charge in [0.2, 0.25) is 0 Å². The maximum Gasteiger partial charge on any atom is 1.00 e. The van der Waals surface area contributed by atoms with Gasteiger partial charge >= 0.3 is 29.6 Å². The Balaban J connectivity index is 0.00000169. The van der Waals surface area contributed by atoms with Gasteiger partial charge in [-0.1, -0.05) is 0 Å². The molecular formula is C6H3BrNNaO4S. The predicted molar refractivity (Wildman–Crippen MR) is 47.6 cm³/mol. The molecule has 0 spiro atoms. The monoisotopic (exact) mass is 287 g/mol. The van der Waals surface area contributed by atoms with Crippen molar-refractivity contribution >= 4 is 31.7 Å². The Morgan fingerprint density at radius 2 is 1.93 bits per heavy atom. The van der Waals surface area contributed by atoms with Crippen LogP contribution in [0.4, 0.5) is 5.69 Å². The summed E-state index contributed by atoms with van der Waals surface area (Å²) in [7, 11) is -4.50. The minimum atomic E-state index is -4.50. The molecule has 0 N–H and O–H groups in total. The fourth-order valence-electron chi connectivity index (χ4n) is 0.749. The van der Waals surface area contributed by atoms with E-state index in [1.165, 1.54) is 0 Å². The molecule has 0 bridgehead atoms. The molecule has 0 aliphatic carbocycles. The van der Waals surface area contributed by atoms with Crippen LogP contribution in [0.25, 0.3) is 0 Å². The van der Waals surface area contributed by atoms with Gasteiger partial charge < -0.3 is 4.55 Å². The Bertz CT molecular complexity index is 447. The van der Waals surface area contributed by atoms with E-state index in [-0.39, 0.29) is 39.7 Å². The van der Waals surface area contributed by atoms with E-state index in [9.17, 15) is 17.9 Å². The van der Waals surface area contributed by atoms with E-state index < -0.39 is 15.0 Å². The second-order valence-corrected chi connectivity index (χ2v) is 4.36. The summed E-state index contributed by atoms with van der Waals surface area (Å²) in [6, 6.07) is 3.35. The van der Waals surface area contributed by atoms with Gasteiger partial charge in [-0.3, -0.25) is 0 Å². The van der Waals surface area contributed by atoms with Gasteiger partial charge in [0.1, 0.15) is 15.8 Å². The Kier molecular flexibility index (Phi) is 5.42. The Labute approximate surface area is 111 Å². The molecule has 0 heterocycles. The Morgan fingerprint density at radius 3 is 2.29 bits per heavy atom. The molecule has 0 aliphatic rings. The summed E-state index contributed by atoms with van der Waals surface area (Å²) in [4.78, 5) is 9.62. The Hall–Kier alpha value is 0.210. The normalized spacial score (nSPS) is 10.4. The van der Waals surface area contributed by atoms with E-state index >= 15 is 0 Å². The van der Waals surface area contributed by atoms with Crippen molar-refractivity contribution in [3.05, 3.63) is 27.6 Å². The summed E-state index contributed by atoms with van der Waals surface area (Å²) in [6.45, 7) is 0. The molecular weight excluding hydrogens is 285 g/mol. The van der Waals surface area contributed by atoms with Crippen molar-refractivity contribution in [1.29, 1.82) is 0 Å². The Morgan fingerprint density at radius 1 is 1.36 bits per heavy atom. The number of benzene rings is 1. The number of hydrogen-bond donors (Lipinski definition) is 0. The van der Waals surface area contributed by atoms with Gasteiger partial charge in [-0.2, -0.15) is 0 Å². The fourth-order valence-corrected chi connectivity index (χ4v) is 2.24. The molecule has 14 heavy (non-hydrogen) atoms. The SMILES string of the molecule is O=Nc1ccc(S(=O)(=O)[O-])c(Br)c1.[Na+]. The van der Waals surface area contributed by atoms with Gasteiger partial charge in [-0.25, -0.2) is 8.42 Å². The summed E-state index contributed by atoms with van der Waals surface area (Å²) >= 11 is 2.85. The molecule has 8 heteroatoms. The maximum atomic E-state index is 10.6. The molecule has 1 rings (SSSR count). The predicted octanol–water partition coefficient (Wildman–Crippen LogP) is -1.24. The van der Waals surface area contributed by atoms with Gasteiger partial charge in [-0.05, 0) is 39.3 Å². The van der Waals surface area contributed by atoms with Crippen molar-refractivity contribution < 1.29 is 42.5 Å². The first kappa shape index (κ1) is 14.2. The van der Waals surface area contributed by atoms with Crippen LogP contribution in [0.1, 0.15) is 0 Å². The van der Waals surface area contributed by atoms with Gasteiger partial charge in [0.25, 0.3) is 0 Å². The van der Waals surface area contributed by atoms with Crippen LogP contribution in [0.5, 0.6) is 0 Å². The van der Waals surface area contributed by atoms with Crippen LogP contribution in [-0.4, -0.2) is 13.0 Å². The summed E-state index contributed by atoms with van der Waals surface area (Å²) in [5, 5.41) is 2.58. The van der Waals surface area contributed by atoms with E-state index in [4.69, 9.17) is 0 Å². The third-order valence-corrected chi connectivity index (χ3v) is 3.10. The molecule has 0 unspecified atom stereocenters. The first-order chi connectivity index (χ1) is 5.95. The fraction of sp³-hybridized carbons (Fsp3) is 0. The zero-order chi connectivity index (χ0) is 10.1. The van der Waals surface area contributed by atoms with Crippen molar-refractivity contribution in [3.63, 3.8) is 0 Å². The van der Waals surface area contributed by atoms with Crippen LogP contribution >= 0.6 is 15.9 Å². The van der Waals surface area contributed by atoms with Crippen molar-refractivity contribution in [3.8, 4) is 0 Å². The molecule has 1 aromatic rings. The first-order valence-corrected chi connectivity index (χ1v) is 5.24. The number of rotatable bonds is 2. The van der Waals surface area contributed by atoms with Crippen LogP contribution in [0.2, 0.25) is 0 Å². The van der Waals surface area contributed by atoms with E-state index in [1.807, 2.05) is 0 Å². The van der Waals surface area contributed by atoms with Crippen molar-refractivity contribution in [2.45, 2.75) is 4.90 Å². The van der Waals surface area contributed by atoms with Gasteiger partial charge in [0, 0.05) is 4.47 Å². The van der Waals surface area contributed by atoms with Crippen LogP contribution in [0, 0.1) is 4.91 Å². The largest absolute Gasteiger partial charge is 1.00 e. The zero-order valence-electron chi connectivity index (χ0n) is 7.10. The minimum Gasteiger partial charge on any atom is -0.744 e. The summed E-state index contributed by atoms with van der Waals surface area (Å²) < 4.78 is 31.7. The molecule has 5 nitrogen and oxygen atoms in total. The second-order valence-electron chi connectivity index (χ2n) is 2.16. The van der Waals surface area contributed by atoms with E-state index in [1.54, 1.807) is 0 Å². The molecule has 0 saturated carbocycles. The van der Waals surface area contributed by atoms with Crippen LogP contribution in [0.3, 0.4) is 0 Å². The molecule has 0 atom stereocenters. The molecule has 0 amide bonds. The summed E-state index contributed by atoms with van der Waals surface area (Å²) in [5.74, 6) is 0. The summed E-state index contributed by atoms with van der Waals surface area (Å²) in [5.41, 5.74) is 0.0549. The topological polar surface area (TPSA) is 86.6 Å². The molecule has 0 aliphatic heterocycles. The first-order valence-electron chi connectivity index (χ1n) is 3.04. The minimum absolute atomic E-state index is 0. The van der Waals surface area contributed by atoms with Gasteiger partial charge in [0.05, 0.1) is 4.90 Å². The van der Waals surface area contributed by atoms with Crippen LogP contribution in [-0.2, 0) is 10.1 Å². The van der Waals surface area contributed by atoms with Crippen molar-refractivity contribution in [2.24, 2.45) is 5.18 Å². The average Bonchev–Trinajstić information content (AvgIpc) is 2.01. The second kappa shape index (κ2) is 5.34. The molecule has 0 fully saturated rings. The molecule has 0 aromatic heterocycles. The zero-order valence-corrected chi connectivity index (χ0v) is 11.5. The molecule has 70 valence electrons. The number of nitroso groups, excluding NO2 is 1. The number of hydrogen-bond acceptors (Lipinski definition) is 5. The number of nitrogens with zero attached hydrogens (tertiary/aromatic N) is 1. The molecule has 1 aromatic carbocycles. The van der Waals surface area contributed by atoms with Gasteiger partial charge in [-0.15, -0.1) is 4.91 Å². The quantitative estimate of drug-likeness (QED) is 0.387. The third-order valence-electron chi connectivity index (χ3n) is 1.29. The van der Waals surface area contributed by atoms with Crippen molar-refractivity contribution in [1.82, 2.24) is 0 Å². The third kappa shape index (κ3) is 3.41. The van der Waals surface area contributed by atoms with Crippen LogP contribution in [0.15, 0.2) is 32.7 Å². The molecule has 0 saturated heterocycles. The number of halogens is 1. The van der Waals surface area contributed by atoms with E-state index in [0.717, 1.165) is 18.2 Å². The smallest absolute Gasteiger partial charge is 0.744 e. The van der Waals surface area contributed by atoms with Crippen molar-refractivity contribution in [2.75, 3.05) is 0 Å².